The molecule has 2 aromatic rings. The van der Waals surface area contributed by atoms with Crippen LogP contribution in [-0.2, 0) is 9.59 Å². The average Bonchev–Trinajstić information content (AvgIpc) is 2.90. The van der Waals surface area contributed by atoms with E-state index in [0.717, 1.165) is 42.0 Å². The van der Waals surface area contributed by atoms with E-state index in [9.17, 15) is 9.59 Å². The fraction of sp³-hybridized carbons (Fsp3) is 0.476. The van der Waals surface area contributed by atoms with E-state index < -0.39 is 0 Å². The number of nitrogens with zero attached hydrogens (tertiary/aromatic N) is 2. The van der Waals surface area contributed by atoms with Gasteiger partial charge in [-0.3, -0.25) is 9.59 Å². The fourth-order valence-electron chi connectivity index (χ4n) is 4.56. The van der Waals surface area contributed by atoms with Gasteiger partial charge in [-0.1, -0.05) is 24.6 Å². The molecule has 2 atom stereocenters. The maximum Gasteiger partial charge on any atom is 0.227 e. The Balaban J connectivity index is 1.53. The predicted molar refractivity (Wildman–Crippen MR) is 100 cm³/mol. The molecule has 2 saturated carbocycles. The molecule has 26 heavy (non-hydrogen) atoms. The minimum absolute atomic E-state index is 0.0354. The molecule has 5 nitrogen and oxygen atoms in total. The van der Waals surface area contributed by atoms with Gasteiger partial charge in [0, 0.05) is 17.8 Å². The molecular weight excluding hydrogens is 326 g/mol. The molecule has 2 bridgehead atoms. The van der Waals surface area contributed by atoms with Crippen molar-refractivity contribution < 1.29 is 9.59 Å². The lowest BCUT2D eigenvalue weighted by Gasteiger charge is -2.36. The smallest absolute Gasteiger partial charge is 0.227 e. The molecule has 2 aliphatic rings. The number of ketones is 1. The second kappa shape index (κ2) is 6.71. The van der Waals surface area contributed by atoms with Crippen LogP contribution in [-0.4, -0.2) is 21.5 Å². The van der Waals surface area contributed by atoms with Gasteiger partial charge in [-0.2, -0.15) is 5.10 Å². The predicted octanol–water partition coefficient (Wildman–Crippen LogP) is 3.82. The van der Waals surface area contributed by atoms with Crippen molar-refractivity contribution in [2.45, 2.75) is 46.0 Å². The molecule has 2 unspecified atom stereocenters. The Morgan fingerprint density at radius 1 is 1.12 bits per heavy atom. The van der Waals surface area contributed by atoms with Crippen molar-refractivity contribution in [2.24, 2.45) is 17.8 Å². The van der Waals surface area contributed by atoms with Crippen LogP contribution < -0.4 is 5.32 Å². The topological polar surface area (TPSA) is 64.0 Å². The van der Waals surface area contributed by atoms with Crippen LogP contribution in [0.25, 0.3) is 5.69 Å². The second-order valence-electron chi connectivity index (χ2n) is 7.68. The Morgan fingerprint density at radius 3 is 2.42 bits per heavy atom. The van der Waals surface area contributed by atoms with E-state index in [2.05, 4.69) is 10.4 Å². The third-order valence-corrected chi connectivity index (χ3v) is 5.96. The van der Waals surface area contributed by atoms with E-state index in [1.807, 2.05) is 48.9 Å². The number of rotatable bonds is 3. The monoisotopic (exact) mass is 351 g/mol. The molecule has 4 rings (SSSR count). The highest BCUT2D eigenvalue weighted by Gasteiger charge is 2.41. The highest BCUT2D eigenvalue weighted by atomic mass is 16.2. The largest absolute Gasteiger partial charge is 0.323 e. The van der Waals surface area contributed by atoms with Gasteiger partial charge in [0.2, 0.25) is 5.91 Å². The van der Waals surface area contributed by atoms with Gasteiger partial charge in [0.15, 0.2) is 0 Å². The van der Waals surface area contributed by atoms with E-state index in [1.165, 1.54) is 0 Å². The summed E-state index contributed by atoms with van der Waals surface area (Å²) in [5.74, 6) is 0.541. The van der Waals surface area contributed by atoms with Crippen LogP contribution in [0.5, 0.6) is 0 Å². The van der Waals surface area contributed by atoms with Gasteiger partial charge in [-0.25, -0.2) is 4.68 Å². The van der Waals surface area contributed by atoms with Crippen molar-refractivity contribution in [3.05, 3.63) is 41.7 Å². The highest BCUT2D eigenvalue weighted by molar-refractivity contribution is 5.96. The molecule has 0 saturated heterocycles. The normalized spacial score (nSPS) is 25.2. The molecule has 1 aromatic carbocycles. The van der Waals surface area contributed by atoms with Crippen LogP contribution in [0.15, 0.2) is 30.3 Å². The first kappa shape index (κ1) is 17.0. The third-order valence-electron chi connectivity index (χ3n) is 5.96. The lowest BCUT2D eigenvalue weighted by Crippen LogP contribution is -2.40. The zero-order chi connectivity index (χ0) is 18.3. The summed E-state index contributed by atoms with van der Waals surface area (Å²) >= 11 is 0. The van der Waals surface area contributed by atoms with E-state index in [-0.39, 0.29) is 23.7 Å². The number of Topliss-reactive ketones (excluding diaryl/α,β-unsaturated/α-hetero) is 1. The third kappa shape index (κ3) is 2.96. The van der Waals surface area contributed by atoms with Gasteiger partial charge in [-0.05, 0) is 51.7 Å². The van der Waals surface area contributed by atoms with Crippen molar-refractivity contribution in [3.8, 4) is 5.69 Å². The van der Waals surface area contributed by atoms with Gasteiger partial charge in [0.25, 0.3) is 0 Å². The van der Waals surface area contributed by atoms with Crippen LogP contribution in [0.3, 0.4) is 0 Å². The SMILES string of the molecule is Cc1nn(-c2ccccc2)c(C)c1NC(=O)C1CC2CCCC(C1)C2=O. The van der Waals surface area contributed by atoms with Crippen molar-refractivity contribution in [1.29, 1.82) is 0 Å². The molecule has 136 valence electrons. The zero-order valence-electron chi connectivity index (χ0n) is 15.4. The highest BCUT2D eigenvalue weighted by Crippen LogP contribution is 2.40. The number of benzene rings is 1. The maximum absolute atomic E-state index is 12.9. The molecule has 1 aromatic heterocycles. The molecule has 2 aliphatic carbocycles. The fourth-order valence-corrected chi connectivity index (χ4v) is 4.56. The Hall–Kier alpha value is -2.43. The minimum Gasteiger partial charge on any atom is -0.323 e. The number of carbonyl (C=O) groups is 2. The lowest BCUT2D eigenvalue weighted by atomic mass is 9.67. The van der Waals surface area contributed by atoms with Crippen LogP contribution in [0.1, 0.15) is 43.5 Å². The number of nitrogens with one attached hydrogen (secondary N) is 1. The average molecular weight is 351 g/mol. The number of amides is 1. The summed E-state index contributed by atoms with van der Waals surface area (Å²) in [5.41, 5.74) is 3.51. The van der Waals surface area contributed by atoms with Crippen molar-refractivity contribution in [1.82, 2.24) is 9.78 Å². The summed E-state index contributed by atoms with van der Waals surface area (Å²) in [6.07, 6.45) is 4.42. The van der Waals surface area contributed by atoms with Gasteiger partial charge in [-0.15, -0.1) is 0 Å². The van der Waals surface area contributed by atoms with Gasteiger partial charge >= 0.3 is 0 Å². The van der Waals surface area contributed by atoms with Crippen LogP contribution in [0, 0.1) is 31.6 Å². The molecule has 0 aliphatic heterocycles. The van der Waals surface area contributed by atoms with E-state index in [0.29, 0.717) is 18.6 Å². The second-order valence-corrected chi connectivity index (χ2v) is 7.68. The number of anilines is 1. The summed E-state index contributed by atoms with van der Waals surface area (Å²) in [4.78, 5) is 25.2. The van der Waals surface area contributed by atoms with Gasteiger partial charge in [0.05, 0.1) is 22.8 Å². The number of hydrogen-bond donors (Lipinski definition) is 1. The maximum atomic E-state index is 12.9. The summed E-state index contributed by atoms with van der Waals surface area (Å²) < 4.78 is 1.87. The van der Waals surface area contributed by atoms with Crippen molar-refractivity contribution >= 4 is 17.4 Å². The molecule has 1 heterocycles. The minimum atomic E-state index is -0.0677. The standard InChI is InChI=1S/C21H25N3O2/c1-13-19(14(2)24(23-13)18-9-4-3-5-10-18)22-21(26)17-11-15-7-6-8-16(12-17)20(15)25/h3-5,9-10,15-17H,6-8,11-12H2,1-2H3,(H,22,26). The Bertz CT molecular complexity index is 824. The Kier molecular flexibility index (Phi) is 4.39. The summed E-state index contributed by atoms with van der Waals surface area (Å²) in [7, 11) is 0. The van der Waals surface area contributed by atoms with Crippen LogP contribution in [0.4, 0.5) is 5.69 Å². The first-order valence-corrected chi connectivity index (χ1v) is 9.51. The quantitative estimate of drug-likeness (QED) is 0.914. The van der Waals surface area contributed by atoms with Crippen molar-refractivity contribution in [2.75, 3.05) is 5.32 Å². The van der Waals surface area contributed by atoms with E-state index in [1.54, 1.807) is 0 Å². The summed E-state index contributed by atoms with van der Waals surface area (Å²) in [6.45, 7) is 3.89. The van der Waals surface area contributed by atoms with Crippen LogP contribution >= 0.6 is 0 Å². The molecule has 0 spiro atoms. The first-order chi connectivity index (χ1) is 12.5. The molecule has 5 heteroatoms. The number of para-hydroxylation sites is 1. The van der Waals surface area contributed by atoms with E-state index >= 15 is 0 Å². The first-order valence-electron chi connectivity index (χ1n) is 9.51. The zero-order valence-corrected chi connectivity index (χ0v) is 15.4. The number of hydrogen-bond acceptors (Lipinski definition) is 3. The summed E-state index contributed by atoms with van der Waals surface area (Å²) in [6, 6.07) is 9.92. The molecular formula is C21H25N3O2. The molecule has 0 radical (unpaired) electrons. The van der Waals surface area contributed by atoms with Crippen molar-refractivity contribution in [3.63, 3.8) is 0 Å². The van der Waals surface area contributed by atoms with Gasteiger partial charge in [0.1, 0.15) is 5.78 Å². The number of fused-ring (bicyclic) bond motifs is 2. The molecule has 1 amide bonds. The molecule has 1 N–H and O–H groups in total. The molecule has 2 fully saturated rings. The number of aromatic nitrogens is 2. The Morgan fingerprint density at radius 2 is 1.77 bits per heavy atom. The Labute approximate surface area is 153 Å². The van der Waals surface area contributed by atoms with Crippen LogP contribution in [0.2, 0.25) is 0 Å². The van der Waals surface area contributed by atoms with Gasteiger partial charge < -0.3 is 5.32 Å². The number of carbonyl (C=O) groups excluding carboxylic acids is 2. The number of aryl methyl sites for hydroxylation is 1. The lowest BCUT2D eigenvalue weighted by molar-refractivity contribution is -0.136. The van der Waals surface area contributed by atoms with E-state index in [4.69, 9.17) is 0 Å². The summed E-state index contributed by atoms with van der Waals surface area (Å²) in [5, 5.41) is 7.70.